The molecule has 0 saturated carbocycles. The van der Waals surface area contributed by atoms with Gasteiger partial charge in [-0.05, 0) is 5.25 Å². The second-order valence-electron chi connectivity index (χ2n) is 4.27. The van der Waals surface area contributed by atoms with E-state index in [-0.39, 0.29) is 6.04 Å². The number of aromatic nitrogens is 2. The third-order valence-electron chi connectivity index (χ3n) is 2.47. The molecule has 0 aromatic carbocycles. The van der Waals surface area contributed by atoms with Crippen LogP contribution in [-0.4, -0.2) is 26.4 Å². The van der Waals surface area contributed by atoms with Crippen LogP contribution >= 0.6 is 23.1 Å². The van der Waals surface area contributed by atoms with Crippen LogP contribution < -0.4 is 11.3 Å². The first-order valence-electron chi connectivity index (χ1n) is 5.68. The molecule has 0 aliphatic heterocycles. The Morgan fingerprint density at radius 3 is 3.06 bits per heavy atom. The summed E-state index contributed by atoms with van der Waals surface area (Å²) >= 11 is 3.57. The number of hydrogen-bond acceptors (Lipinski definition) is 5. The molecule has 1 unspecified atom stereocenters. The van der Waals surface area contributed by atoms with Crippen LogP contribution in [0.2, 0.25) is 0 Å². The van der Waals surface area contributed by atoms with Crippen molar-refractivity contribution in [3.63, 3.8) is 0 Å². The van der Waals surface area contributed by atoms with Crippen LogP contribution in [0.15, 0.2) is 17.8 Å². The molecule has 0 saturated heterocycles. The molecule has 3 N–H and O–H groups in total. The van der Waals surface area contributed by atoms with Gasteiger partial charge in [0.15, 0.2) is 4.96 Å². The largest absolute Gasteiger partial charge is 0.297 e. The second-order valence-corrected chi connectivity index (χ2v) is 6.76. The van der Waals surface area contributed by atoms with Crippen LogP contribution in [0, 0.1) is 0 Å². The molecule has 0 radical (unpaired) electrons. The van der Waals surface area contributed by atoms with Crippen LogP contribution in [0.1, 0.15) is 19.5 Å². The fourth-order valence-electron chi connectivity index (χ4n) is 1.60. The van der Waals surface area contributed by atoms with Gasteiger partial charge in [-0.25, -0.2) is 4.98 Å². The maximum Gasteiger partial charge on any atom is 0.193 e. The van der Waals surface area contributed by atoms with Gasteiger partial charge in [-0.2, -0.15) is 11.8 Å². The van der Waals surface area contributed by atoms with E-state index in [4.69, 9.17) is 5.84 Å². The predicted molar refractivity (Wildman–Crippen MR) is 75.5 cm³/mol. The highest BCUT2D eigenvalue weighted by Gasteiger charge is 2.11. The third kappa shape index (κ3) is 3.45. The molecule has 17 heavy (non-hydrogen) atoms. The normalized spacial score (nSPS) is 13.6. The van der Waals surface area contributed by atoms with Crippen molar-refractivity contribution < 1.29 is 0 Å². The lowest BCUT2D eigenvalue weighted by Gasteiger charge is -2.15. The molecule has 0 spiro atoms. The van der Waals surface area contributed by atoms with Gasteiger partial charge in [0.25, 0.3) is 0 Å². The molecule has 0 amide bonds. The molecule has 0 aliphatic rings. The van der Waals surface area contributed by atoms with Gasteiger partial charge < -0.3 is 0 Å². The molecule has 94 valence electrons. The molecule has 0 aliphatic carbocycles. The molecule has 2 heterocycles. The number of hydrogen-bond donors (Lipinski definition) is 2. The van der Waals surface area contributed by atoms with Crippen LogP contribution in [0.3, 0.4) is 0 Å². The summed E-state index contributed by atoms with van der Waals surface area (Å²) < 4.78 is 2.06. The van der Waals surface area contributed by atoms with Crippen molar-refractivity contribution in [1.82, 2.24) is 14.8 Å². The standard InChI is InChI=1S/C11H18N4S2/c1-8(2)17-7-10(14-12)5-9-6-15-3-4-16-11(15)13-9/h3-4,6,8,10,14H,5,7,12H2,1-2H3. The van der Waals surface area contributed by atoms with E-state index >= 15 is 0 Å². The van der Waals surface area contributed by atoms with Crippen molar-refractivity contribution in [3.05, 3.63) is 23.5 Å². The Hall–Kier alpha value is -0.560. The highest BCUT2D eigenvalue weighted by Crippen LogP contribution is 2.15. The summed E-state index contributed by atoms with van der Waals surface area (Å²) in [7, 11) is 0. The molecular weight excluding hydrogens is 252 g/mol. The molecule has 0 fully saturated rings. The zero-order chi connectivity index (χ0) is 12.3. The lowest BCUT2D eigenvalue weighted by molar-refractivity contribution is 0.570. The Labute approximate surface area is 110 Å². The zero-order valence-electron chi connectivity index (χ0n) is 10.1. The third-order valence-corrected chi connectivity index (χ3v) is 4.50. The number of nitrogens with zero attached hydrogens (tertiary/aromatic N) is 2. The topological polar surface area (TPSA) is 55.3 Å². The minimum absolute atomic E-state index is 0.284. The summed E-state index contributed by atoms with van der Waals surface area (Å²) in [5.41, 5.74) is 3.98. The fraction of sp³-hybridized carbons (Fsp3) is 0.545. The second kappa shape index (κ2) is 5.86. The Balaban J connectivity index is 1.95. The number of thioether (sulfide) groups is 1. The monoisotopic (exact) mass is 270 g/mol. The van der Waals surface area contributed by atoms with Crippen molar-refractivity contribution in [1.29, 1.82) is 0 Å². The fourth-order valence-corrected chi connectivity index (χ4v) is 3.15. The Kier molecular flexibility index (Phi) is 4.44. The van der Waals surface area contributed by atoms with Crippen molar-refractivity contribution in [3.8, 4) is 0 Å². The summed E-state index contributed by atoms with van der Waals surface area (Å²) in [5, 5.41) is 2.68. The first-order chi connectivity index (χ1) is 8.19. The summed E-state index contributed by atoms with van der Waals surface area (Å²) in [4.78, 5) is 5.61. The summed E-state index contributed by atoms with van der Waals surface area (Å²) in [6, 6.07) is 0.284. The van der Waals surface area contributed by atoms with Gasteiger partial charge in [0.05, 0.1) is 5.69 Å². The van der Waals surface area contributed by atoms with E-state index in [2.05, 4.69) is 34.9 Å². The van der Waals surface area contributed by atoms with Gasteiger partial charge in [0.1, 0.15) is 0 Å². The lowest BCUT2D eigenvalue weighted by Crippen LogP contribution is -2.39. The molecular formula is C11H18N4S2. The van der Waals surface area contributed by atoms with E-state index in [1.165, 1.54) is 0 Å². The van der Waals surface area contributed by atoms with Gasteiger partial charge in [0, 0.05) is 36.0 Å². The maximum absolute atomic E-state index is 5.58. The van der Waals surface area contributed by atoms with Gasteiger partial charge in [-0.15, -0.1) is 11.3 Å². The van der Waals surface area contributed by atoms with Crippen molar-refractivity contribution >= 4 is 28.1 Å². The minimum Gasteiger partial charge on any atom is -0.297 e. The molecule has 2 aromatic heterocycles. The maximum atomic E-state index is 5.58. The number of fused-ring (bicyclic) bond motifs is 1. The lowest BCUT2D eigenvalue weighted by atomic mass is 10.2. The Bertz CT molecular complexity index is 434. The molecule has 6 heteroatoms. The SMILES string of the molecule is CC(C)SCC(Cc1cn2ccsc2n1)NN. The van der Waals surface area contributed by atoms with E-state index in [0.717, 1.165) is 22.8 Å². The van der Waals surface area contributed by atoms with Crippen LogP contribution in [0.5, 0.6) is 0 Å². The molecule has 2 rings (SSSR count). The van der Waals surface area contributed by atoms with Crippen LogP contribution in [0.4, 0.5) is 0 Å². The van der Waals surface area contributed by atoms with Gasteiger partial charge in [-0.3, -0.25) is 15.7 Å². The van der Waals surface area contributed by atoms with Crippen LogP contribution in [0.25, 0.3) is 4.96 Å². The van der Waals surface area contributed by atoms with Gasteiger partial charge >= 0.3 is 0 Å². The van der Waals surface area contributed by atoms with E-state index in [1.54, 1.807) is 11.3 Å². The molecule has 1 atom stereocenters. The predicted octanol–water partition coefficient (Wildman–Crippen LogP) is 1.91. The number of thiazole rings is 1. The molecule has 2 aromatic rings. The number of nitrogens with two attached hydrogens (primary N) is 1. The number of hydrazine groups is 1. The summed E-state index contributed by atoms with van der Waals surface area (Å²) in [6.07, 6.45) is 4.99. The van der Waals surface area contributed by atoms with E-state index in [0.29, 0.717) is 5.25 Å². The van der Waals surface area contributed by atoms with Crippen LogP contribution in [-0.2, 0) is 6.42 Å². The Morgan fingerprint density at radius 1 is 1.59 bits per heavy atom. The van der Waals surface area contributed by atoms with E-state index in [1.807, 2.05) is 23.3 Å². The number of nitrogens with one attached hydrogen (secondary N) is 1. The summed E-state index contributed by atoms with van der Waals surface area (Å²) in [5.74, 6) is 6.59. The average molecular weight is 270 g/mol. The summed E-state index contributed by atoms with van der Waals surface area (Å²) in [6.45, 7) is 4.40. The van der Waals surface area contributed by atoms with Crippen molar-refractivity contribution in [2.45, 2.75) is 31.6 Å². The minimum atomic E-state index is 0.284. The Morgan fingerprint density at radius 2 is 2.41 bits per heavy atom. The van der Waals surface area contributed by atoms with Crippen molar-refractivity contribution in [2.24, 2.45) is 5.84 Å². The quantitative estimate of drug-likeness (QED) is 0.622. The van der Waals surface area contributed by atoms with E-state index in [9.17, 15) is 0 Å². The highest BCUT2D eigenvalue weighted by molar-refractivity contribution is 7.99. The smallest absolute Gasteiger partial charge is 0.193 e. The highest BCUT2D eigenvalue weighted by atomic mass is 32.2. The first kappa shape index (κ1) is 12.9. The number of imidazole rings is 1. The van der Waals surface area contributed by atoms with Gasteiger partial charge in [-0.1, -0.05) is 13.8 Å². The molecule has 4 nitrogen and oxygen atoms in total. The van der Waals surface area contributed by atoms with Crippen molar-refractivity contribution in [2.75, 3.05) is 5.75 Å². The van der Waals surface area contributed by atoms with E-state index < -0.39 is 0 Å². The van der Waals surface area contributed by atoms with Gasteiger partial charge in [0.2, 0.25) is 0 Å². The molecule has 0 bridgehead atoms. The average Bonchev–Trinajstić information content (AvgIpc) is 2.83. The first-order valence-corrected chi connectivity index (χ1v) is 7.60. The number of rotatable bonds is 6. The zero-order valence-corrected chi connectivity index (χ0v) is 11.7.